The lowest BCUT2D eigenvalue weighted by Crippen LogP contribution is -2.52. The second-order valence-corrected chi connectivity index (χ2v) is 9.18. The minimum absolute atomic E-state index is 0.104. The smallest absolute Gasteiger partial charge is 0.236 e. The number of benzene rings is 2. The van der Waals surface area contributed by atoms with Gasteiger partial charge >= 0.3 is 0 Å². The molecule has 0 saturated carbocycles. The standard InChI is InChI=1S/C28H34N4O2/c1-3-34-26-9-5-4-7-24(26)30-15-18-31(19-16-30)27(33)21-32-20-17-29-14-6-8-25(29)28(32)23-12-10-22(2)11-13-23/h4-14,28H,3,15-21H2,1-2H3. The topological polar surface area (TPSA) is 41.0 Å². The number of rotatable bonds is 6. The minimum Gasteiger partial charge on any atom is -0.492 e. The van der Waals surface area contributed by atoms with Crippen LogP contribution < -0.4 is 9.64 Å². The minimum atomic E-state index is 0.104. The molecule has 6 heteroatoms. The van der Waals surface area contributed by atoms with Crippen LogP contribution in [0.15, 0.2) is 66.9 Å². The van der Waals surface area contributed by atoms with Gasteiger partial charge in [0.05, 0.1) is 24.9 Å². The first-order chi connectivity index (χ1) is 16.6. The van der Waals surface area contributed by atoms with Gasteiger partial charge in [0.2, 0.25) is 5.91 Å². The van der Waals surface area contributed by atoms with E-state index in [4.69, 9.17) is 4.74 Å². The lowest BCUT2D eigenvalue weighted by molar-refractivity contribution is -0.133. The van der Waals surface area contributed by atoms with Crippen LogP contribution in [-0.2, 0) is 11.3 Å². The summed E-state index contributed by atoms with van der Waals surface area (Å²) < 4.78 is 8.14. The summed E-state index contributed by atoms with van der Waals surface area (Å²) in [5.74, 6) is 1.14. The van der Waals surface area contributed by atoms with Crippen molar-refractivity contribution in [1.82, 2.24) is 14.4 Å². The van der Waals surface area contributed by atoms with Gasteiger partial charge in [0.25, 0.3) is 0 Å². The molecule has 178 valence electrons. The molecule has 0 aliphatic carbocycles. The molecule has 34 heavy (non-hydrogen) atoms. The Morgan fingerprint density at radius 3 is 2.44 bits per heavy atom. The highest BCUT2D eigenvalue weighted by atomic mass is 16.5. The Bertz CT molecular complexity index is 1120. The first kappa shape index (κ1) is 22.5. The van der Waals surface area contributed by atoms with Crippen LogP contribution in [0.25, 0.3) is 0 Å². The van der Waals surface area contributed by atoms with Gasteiger partial charge in [-0.1, -0.05) is 42.0 Å². The fraction of sp³-hybridized carbons (Fsp3) is 0.393. The monoisotopic (exact) mass is 458 g/mol. The number of amides is 1. The fourth-order valence-corrected chi connectivity index (χ4v) is 5.20. The molecule has 1 aromatic heterocycles. The lowest BCUT2D eigenvalue weighted by atomic mass is 9.99. The van der Waals surface area contributed by atoms with Gasteiger partial charge in [-0.25, -0.2) is 0 Å². The molecule has 2 aliphatic heterocycles. The second kappa shape index (κ2) is 9.94. The van der Waals surface area contributed by atoms with Gasteiger partial charge in [-0.3, -0.25) is 9.69 Å². The Morgan fingerprint density at radius 2 is 1.68 bits per heavy atom. The van der Waals surface area contributed by atoms with Crippen molar-refractivity contribution in [2.24, 2.45) is 0 Å². The Kier molecular flexibility index (Phi) is 6.59. The van der Waals surface area contributed by atoms with Crippen LogP contribution in [0.5, 0.6) is 5.75 Å². The van der Waals surface area contributed by atoms with Crippen LogP contribution in [-0.4, -0.2) is 66.1 Å². The predicted octanol–water partition coefficient (Wildman–Crippen LogP) is 3.95. The van der Waals surface area contributed by atoms with Crippen molar-refractivity contribution in [2.75, 3.05) is 50.8 Å². The van der Waals surface area contributed by atoms with Crippen LogP contribution in [0.4, 0.5) is 5.69 Å². The van der Waals surface area contributed by atoms with E-state index in [1.165, 1.54) is 16.8 Å². The van der Waals surface area contributed by atoms with Gasteiger partial charge in [-0.15, -0.1) is 0 Å². The molecular formula is C28H34N4O2. The molecule has 2 aromatic carbocycles. The fourth-order valence-electron chi connectivity index (χ4n) is 5.20. The van der Waals surface area contributed by atoms with Crippen molar-refractivity contribution >= 4 is 11.6 Å². The quantitative estimate of drug-likeness (QED) is 0.561. The van der Waals surface area contributed by atoms with E-state index in [-0.39, 0.29) is 11.9 Å². The van der Waals surface area contributed by atoms with Crippen LogP contribution >= 0.6 is 0 Å². The highest BCUT2D eigenvalue weighted by Gasteiger charge is 2.32. The van der Waals surface area contributed by atoms with Gasteiger partial charge in [-0.05, 0) is 43.7 Å². The average Bonchev–Trinajstić information content (AvgIpc) is 3.34. The number of fused-ring (bicyclic) bond motifs is 1. The van der Waals surface area contributed by atoms with Gasteiger partial charge in [0.15, 0.2) is 0 Å². The zero-order chi connectivity index (χ0) is 23.5. The number of para-hydroxylation sites is 2. The Balaban J connectivity index is 1.27. The average molecular weight is 459 g/mol. The number of carbonyl (C=O) groups excluding carboxylic acids is 1. The number of piperazine rings is 1. The van der Waals surface area contributed by atoms with Crippen LogP contribution in [0.1, 0.15) is 29.8 Å². The Hall–Kier alpha value is -3.25. The van der Waals surface area contributed by atoms with E-state index >= 15 is 0 Å². The van der Waals surface area contributed by atoms with E-state index in [1.54, 1.807) is 0 Å². The SMILES string of the molecule is CCOc1ccccc1N1CCN(C(=O)CN2CCn3cccc3C2c2ccc(C)cc2)CC1. The normalized spacial score (nSPS) is 18.6. The molecule has 1 atom stereocenters. The van der Waals surface area contributed by atoms with Gasteiger partial charge in [0, 0.05) is 51.2 Å². The molecule has 0 N–H and O–H groups in total. The van der Waals surface area contributed by atoms with Gasteiger partial charge in [0.1, 0.15) is 5.75 Å². The largest absolute Gasteiger partial charge is 0.492 e. The van der Waals surface area contributed by atoms with E-state index in [9.17, 15) is 4.79 Å². The van der Waals surface area contributed by atoms with Crippen LogP contribution in [0.2, 0.25) is 0 Å². The summed E-state index contributed by atoms with van der Waals surface area (Å²) in [4.78, 5) is 20.1. The van der Waals surface area contributed by atoms with Crippen molar-refractivity contribution in [3.8, 4) is 5.75 Å². The van der Waals surface area contributed by atoms with Crippen molar-refractivity contribution in [2.45, 2.75) is 26.4 Å². The molecule has 1 unspecified atom stereocenters. The number of hydrogen-bond acceptors (Lipinski definition) is 4. The molecule has 3 aromatic rings. The van der Waals surface area contributed by atoms with E-state index in [2.05, 4.69) is 70.0 Å². The zero-order valence-corrected chi connectivity index (χ0v) is 20.2. The third kappa shape index (κ3) is 4.55. The Morgan fingerprint density at radius 1 is 0.912 bits per heavy atom. The molecular weight excluding hydrogens is 424 g/mol. The second-order valence-electron chi connectivity index (χ2n) is 9.18. The van der Waals surface area contributed by atoms with Crippen molar-refractivity contribution in [3.05, 3.63) is 83.7 Å². The van der Waals surface area contributed by atoms with E-state index in [0.717, 1.165) is 50.7 Å². The molecule has 0 spiro atoms. The summed E-state index contributed by atoms with van der Waals surface area (Å²) in [7, 11) is 0. The first-order valence-corrected chi connectivity index (χ1v) is 12.3. The molecule has 6 nitrogen and oxygen atoms in total. The third-order valence-electron chi connectivity index (χ3n) is 7.01. The van der Waals surface area contributed by atoms with Gasteiger partial charge in [-0.2, -0.15) is 0 Å². The molecule has 0 bridgehead atoms. The number of carbonyl (C=O) groups is 1. The Labute approximate surface area is 202 Å². The predicted molar refractivity (Wildman–Crippen MR) is 135 cm³/mol. The highest BCUT2D eigenvalue weighted by molar-refractivity contribution is 5.79. The van der Waals surface area contributed by atoms with Crippen LogP contribution in [0, 0.1) is 6.92 Å². The first-order valence-electron chi connectivity index (χ1n) is 12.3. The number of hydrogen-bond donors (Lipinski definition) is 0. The summed E-state index contributed by atoms with van der Waals surface area (Å²) in [5, 5.41) is 0. The molecule has 1 saturated heterocycles. The molecule has 1 amide bonds. The molecule has 2 aliphatic rings. The van der Waals surface area contributed by atoms with Crippen molar-refractivity contribution in [3.63, 3.8) is 0 Å². The number of anilines is 1. The molecule has 3 heterocycles. The van der Waals surface area contributed by atoms with E-state index in [1.807, 2.05) is 30.0 Å². The lowest BCUT2D eigenvalue weighted by Gasteiger charge is -2.40. The zero-order valence-electron chi connectivity index (χ0n) is 20.2. The van der Waals surface area contributed by atoms with Crippen LogP contribution in [0.3, 0.4) is 0 Å². The van der Waals surface area contributed by atoms with Gasteiger partial charge < -0.3 is 19.1 Å². The summed E-state index contributed by atoms with van der Waals surface area (Å²) in [6, 6.07) is 21.3. The summed E-state index contributed by atoms with van der Waals surface area (Å²) >= 11 is 0. The highest BCUT2D eigenvalue weighted by Crippen LogP contribution is 2.33. The van der Waals surface area contributed by atoms with Crippen molar-refractivity contribution < 1.29 is 9.53 Å². The summed E-state index contributed by atoms with van der Waals surface area (Å²) in [6.07, 6.45) is 2.15. The van der Waals surface area contributed by atoms with E-state index < -0.39 is 0 Å². The number of aryl methyl sites for hydroxylation is 1. The summed E-state index contributed by atoms with van der Waals surface area (Å²) in [5.41, 5.74) is 4.88. The van der Waals surface area contributed by atoms with E-state index in [0.29, 0.717) is 13.2 Å². The summed E-state index contributed by atoms with van der Waals surface area (Å²) in [6.45, 7) is 10.1. The number of ether oxygens (including phenoxy) is 1. The van der Waals surface area contributed by atoms with Crippen molar-refractivity contribution in [1.29, 1.82) is 0 Å². The molecule has 0 radical (unpaired) electrons. The number of aromatic nitrogens is 1. The third-order valence-corrected chi connectivity index (χ3v) is 7.01. The number of nitrogens with zero attached hydrogens (tertiary/aromatic N) is 4. The maximum absolute atomic E-state index is 13.4. The molecule has 5 rings (SSSR count). The maximum atomic E-state index is 13.4. The molecule has 1 fully saturated rings. The maximum Gasteiger partial charge on any atom is 0.236 e.